The summed E-state index contributed by atoms with van der Waals surface area (Å²) in [5, 5.41) is 10.6. The first kappa shape index (κ1) is 16.5. The standard InChI is InChI=1S/C18H21N3O2S/c22-17-14(9-4-5-11-19-17)20-18(23)21-16(15-10-6-12-24-15)13-7-2-1-3-8-13/h1-3,6-8,10,12,14,16H,4-5,9,11H2,(H,19,22)(H2,20,21,23)/t14-,16+/m0/s1. The Hall–Kier alpha value is -2.34. The van der Waals surface area contributed by atoms with Gasteiger partial charge in [-0.25, -0.2) is 4.79 Å². The van der Waals surface area contributed by atoms with E-state index in [9.17, 15) is 9.59 Å². The molecule has 2 atom stereocenters. The molecule has 0 bridgehead atoms. The largest absolute Gasteiger partial charge is 0.354 e. The normalized spacial score (nSPS) is 19.0. The molecule has 2 heterocycles. The number of hydrogen-bond acceptors (Lipinski definition) is 3. The van der Waals surface area contributed by atoms with Crippen molar-refractivity contribution in [2.24, 2.45) is 0 Å². The van der Waals surface area contributed by atoms with E-state index in [2.05, 4.69) is 16.0 Å². The van der Waals surface area contributed by atoms with Crippen LogP contribution in [0.5, 0.6) is 0 Å². The number of nitrogens with one attached hydrogen (secondary N) is 3. The molecule has 2 aromatic rings. The third-order valence-electron chi connectivity index (χ3n) is 4.08. The Morgan fingerprint density at radius 1 is 1.17 bits per heavy atom. The molecule has 126 valence electrons. The summed E-state index contributed by atoms with van der Waals surface area (Å²) in [6.07, 6.45) is 2.55. The summed E-state index contributed by atoms with van der Waals surface area (Å²) >= 11 is 1.60. The van der Waals surface area contributed by atoms with Crippen LogP contribution in [0.3, 0.4) is 0 Å². The summed E-state index contributed by atoms with van der Waals surface area (Å²) in [5.74, 6) is -0.102. The smallest absolute Gasteiger partial charge is 0.316 e. The quantitative estimate of drug-likeness (QED) is 0.799. The molecular weight excluding hydrogens is 322 g/mol. The zero-order valence-corrected chi connectivity index (χ0v) is 14.1. The topological polar surface area (TPSA) is 70.2 Å². The summed E-state index contributed by atoms with van der Waals surface area (Å²) in [6.45, 7) is 0.681. The fraction of sp³-hybridized carbons (Fsp3) is 0.333. The van der Waals surface area contributed by atoms with Crippen LogP contribution in [-0.4, -0.2) is 24.5 Å². The van der Waals surface area contributed by atoms with E-state index in [1.165, 1.54) is 0 Å². The predicted octanol–water partition coefficient (Wildman–Crippen LogP) is 2.81. The van der Waals surface area contributed by atoms with Crippen LogP contribution in [0.4, 0.5) is 4.79 Å². The van der Waals surface area contributed by atoms with E-state index in [-0.39, 0.29) is 18.0 Å². The summed E-state index contributed by atoms with van der Waals surface area (Å²) in [5.41, 5.74) is 1.01. The molecule has 5 nitrogen and oxygen atoms in total. The van der Waals surface area contributed by atoms with Crippen LogP contribution in [0.15, 0.2) is 47.8 Å². The average Bonchev–Trinajstić information content (AvgIpc) is 3.06. The van der Waals surface area contributed by atoms with Crippen LogP contribution >= 0.6 is 11.3 Å². The number of thiophene rings is 1. The van der Waals surface area contributed by atoms with Crippen molar-refractivity contribution in [1.29, 1.82) is 0 Å². The lowest BCUT2D eigenvalue weighted by molar-refractivity contribution is -0.122. The van der Waals surface area contributed by atoms with Crippen molar-refractivity contribution in [3.8, 4) is 0 Å². The Morgan fingerprint density at radius 3 is 2.75 bits per heavy atom. The van der Waals surface area contributed by atoms with Gasteiger partial charge in [0, 0.05) is 11.4 Å². The second-order valence-corrected chi connectivity index (χ2v) is 6.80. The van der Waals surface area contributed by atoms with E-state index >= 15 is 0 Å². The molecular formula is C18H21N3O2S. The fourth-order valence-electron chi connectivity index (χ4n) is 2.83. The van der Waals surface area contributed by atoms with Crippen molar-refractivity contribution in [3.05, 3.63) is 58.3 Å². The number of urea groups is 1. The lowest BCUT2D eigenvalue weighted by atomic mass is 10.1. The highest BCUT2D eigenvalue weighted by molar-refractivity contribution is 7.10. The number of hydrogen-bond donors (Lipinski definition) is 3. The zero-order chi connectivity index (χ0) is 16.8. The van der Waals surface area contributed by atoms with Crippen molar-refractivity contribution >= 4 is 23.3 Å². The molecule has 3 N–H and O–H groups in total. The Balaban J connectivity index is 1.70. The van der Waals surface area contributed by atoms with Gasteiger partial charge < -0.3 is 16.0 Å². The minimum Gasteiger partial charge on any atom is -0.354 e. The number of benzene rings is 1. The third-order valence-corrected chi connectivity index (χ3v) is 5.01. The van der Waals surface area contributed by atoms with E-state index in [1.54, 1.807) is 11.3 Å². The molecule has 1 aromatic carbocycles. The Labute approximate surface area is 145 Å². The van der Waals surface area contributed by atoms with Crippen LogP contribution in [0.25, 0.3) is 0 Å². The van der Waals surface area contributed by atoms with Crippen molar-refractivity contribution in [3.63, 3.8) is 0 Å². The molecule has 3 rings (SSSR count). The fourth-order valence-corrected chi connectivity index (χ4v) is 3.63. The average molecular weight is 343 g/mol. The van der Waals surface area contributed by atoms with Crippen LogP contribution in [0.1, 0.15) is 35.7 Å². The van der Waals surface area contributed by atoms with Gasteiger partial charge in [0.1, 0.15) is 6.04 Å². The molecule has 0 unspecified atom stereocenters. The molecule has 0 radical (unpaired) electrons. The van der Waals surface area contributed by atoms with Crippen LogP contribution in [0.2, 0.25) is 0 Å². The lowest BCUT2D eigenvalue weighted by Gasteiger charge is -2.21. The summed E-state index contributed by atoms with van der Waals surface area (Å²) in [7, 11) is 0. The number of carbonyl (C=O) groups excluding carboxylic acids is 2. The molecule has 0 saturated carbocycles. The van der Waals surface area contributed by atoms with Gasteiger partial charge >= 0.3 is 6.03 Å². The van der Waals surface area contributed by atoms with E-state index in [1.807, 2.05) is 47.8 Å². The Bertz CT molecular complexity index is 673. The Kier molecular flexibility index (Phi) is 5.48. The SMILES string of the molecule is O=C(N[C@H](c1ccccc1)c1cccs1)N[C@H]1CCCCNC1=O. The van der Waals surface area contributed by atoms with Gasteiger partial charge in [0.2, 0.25) is 5.91 Å². The molecule has 1 aromatic heterocycles. The van der Waals surface area contributed by atoms with Gasteiger partial charge in [-0.2, -0.15) is 0 Å². The second kappa shape index (κ2) is 7.97. The predicted molar refractivity (Wildman–Crippen MR) is 94.9 cm³/mol. The maximum absolute atomic E-state index is 12.5. The molecule has 6 heteroatoms. The van der Waals surface area contributed by atoms with Crippen molar-refractivity contribution in [2.75, 3.05) is 6.54 Å². The molecule has 0 aliphatic carbocycles. The first-order valence-corrected chi connectivity index (χ1v) is 9.05. The highest BCUT2D eigenvalue weighted by Gasteiger charge is 2.24. The zero-order valence-electron chi connectivity index (χ0n) is 13.3. The molecule has 24 heavy (non-hydrogen) atoms. The highest BCUT2D eigenvalue weighted by atomic mass is 32.1. The maximum atomic E-state index is 12.5. The van der Waals surface area contributed by atoms with Gasteiger partial charge in [-0.15, -0.1) is 11.3 Å². The number of carbonyl (C=O) groups is 2. The van der Waals surface area contributed by atoms with Crippen molar-refractivity contribution in [2.45, 2.75) is 31.3 Å². The van der Waals surface area contributed by atoms with Crippen LogP contribution in [0, 0.1) is 0 Å². The first-order chi connectivity index (χ1) is 11.7. The lowest BCUT2D eigenvalue weighted by Crippen LogP contribution is -2.49. The van der Waals surface area contributed by atoms with Gasteiger partial charge in [-0.05, 0) is 36.3 Å². The number of amides is 3. The van der Waals surface area contributed by atoms with Crippen molar-refractivity contribution in [1.82, 2.24) is 16.0 Å². The van der Waals surface area contributed by atoms with Crippen LogP contribution in [-0.2, 0) is 4.79 Å². The minimum atomic E-state index is -0.466. The van der Waals surface area contributed by atoms with E-state index in [0.29, 0.717) is 13.0 Å². The molecule has 1 aliphatic heterocycles. The number of rotatable bonds is 4. The van der Waals surface area contributed by atoms with E-state index in [0.717, 1.165) is 23.3 Å². The third kappa shape index (κ3) is 4.14. The maximum Gasteiger partial charge on any atom is 0.316 e. The van der Waals surface area contributed by atoms with E-state index in [4.69, 9.17) is 0 Å². The Morgan fingerprint density at radius 2 is 2.00 bits per heavy atom. The molecule has 1 aliphatic rings. The van der Waals surface area contributed by atoms with Gasteiger partial charge in [0.05, 0.1) is 6.04 Å². The van der Waals surface area contributed by atoms with Crippen molar-refractivity contribution < 1.29 is 9.59 Å². The molecule has 0 spiro atoms. The first-order valence-electron chi connectivity index (χ1n) is 8.17. The molecule has 1 saturated heterocycles. The van der Waals surface area contributed by atoms with Crippen LogP contribution < -0.4 is 16.0 Å². The summed E-state index contributed by atoms with van der Waals surface area (Å²) in [6, 6.07) is 12.8. The molecule has 1 fully saturated rings. The highest BCUT2D eigenvalue weighted by Crippen LogP contribution is 2.25. The van der Waals surface area contributed by atoms with Gasteiger partial charge in [-0.3, -0.25) is 4.79 Å². The van der Waals surface area contributed by atoms with Gasteiger partial charge in [-0.1, -0.05) is 36.4 Å². The van der Waals surface area contributed by atoms with E-state index < -0.39 is 6.04 Å². The monoisotopic (exact) mass is 343 g/mol. The van der Waals surface area contributed by atoms with Gasteiger partial charge in [0.15, 0.2) is 0 Å². The summed E-state index contributed by atoms with van der Waals surface area (Å²) in [4.78, 5) is 25.5. The second-order valence-electron chi connectivity index (χ2n) is 5.82. The molecule has 3 amide bonds. The van der Waals surface area contributed by atoms with Gasteiger partial charge in [0.25, 0.3) is 0 Å². The minimum absolute atomic E-state index is 0.102. The summed E-state index contributed by atoms with van der Waals surface area (Å²) < 4.78 is 0.